The summed E-state index contributed by atoms with van der Waals surface area (Å²) in [5, 5.41) is 15.3. The lowest BCUT2D eigenvalue weighted by atomic mass is 9.91. The Bertz CT molecular complexity index is 1040. The Morgan fingerprint density at radius 1 is 0.906 bits per heavy atom. The number of nitrogens with two attached hydrogens (primary N) is 1. The molecule has 0 spiro atoms. The van der Waals surface area contributed by atoms with Gasteiger partial charge in [-0.15, -0.1) is 0 Å². The molecule has 3 N–H and O–H groups in total. The fraction of sp³-hybridized carbons (Fsp3) is 0.259. The second kappa shape index (κ2) is 10.1. The zero-order valence-electron chi connectivity index (χ0n) is 17.9. The van der Waals surface area contributed by atoms with E-state index in [1.54, 1.807) is 0 Å². The van der Waals surface area contributed by atoms with E-state index in [9.17, 15) is 9.90 Å². The summed E-state index contributed by atoms with van der Waals surface area (Å²) >= 11 is 0. The molecule has 1 atom stereocenters. The fourth-order valence-electron chi connectivity index (χ4n) is 3.80. The molecule has 0 bridgehead atoms. The van der Waals surface area contributed by atoms with E-state index >= 15 is 0 Å². The second-order valence-corrected chi connectivity index (χ2v) is 8.22. The van der Waals surface area contributed by atoms with E-state index in [2.05, 4.69) is 0 Å². The summed E-state index contributed by atoms with van der Waals surface area (Å²) in [4.78, 5) is 11.2. The molecule has 0 radical (unpaired) electrons. The minimum Gasteiger partial charge on any atom is -0.489 e. The molecule has 1 aliphatic carbocycles. The summed E-state index contributed by atoms with van der Waals surface area (Å²) < 4.78 is 11.7. The molecule has 0 aromatic heterocycles. The normalized spacial score (nSPS) is 13.9. The molecule has 1 aliphatic rings. The van der Waals surface area contributed by atoms with Crippen LogP contribution in [0.5, 0.6) is 11.5 Å². The highest BCUT2D eigenvalue weighted by Crippen LogP contribution is 2.44. The number of ether oxygens (including phenoxy) is 2. The summed E-state index contributed by atoms with van der Waals surface area (Å²) in [7, 11) is 0. The first-order valence-corrected chi connectivity index (χ1v) is 10.9. The molecule has 0 aliphatic heterocycles. The second-order valence-electron chi connectivity index (χ2n) is 8.22. The van der Waals surface area contributed by atoms with Crippen LogP contribution in [-0.2, 0) is 11.4 Å². The smallest absolute Gasteiger partial charge is 0.303 e. The maximum atomic E-state index is 11.2. The Labute approximate surface area is 188 Å². The van der Waals surface area contributed by atoms with E-state index in [1.807, 2.05) is 78.9 Å². The van der Waals surface area contributed by atoms with Crippen molar-refractivity contribution in [2.75, 3.05) is 6.61 Å². The maximum absolute atomic E-state index is 11.2. The van der Waals surface area contributed by atoms with E-state index in [0.29, 0.717) is 24.8 Å². The number of rotatable bonds is 11. The molecule has 1 saturated carbocycles. The standard InChI is InChI=1S/C27H27NO4/c28-26(22-4-2-1-3-5-22)18-32-23-12-6-19(7-13-23)17-31-24-14-10-21(11-15-24)25(16-27(29)30)20-8-9-20/h1-7,10-15,20,25,28H,8-9,16-18H2,(H,29,30)/p+1. The Hall–Kier alpha value is -3.60. The van der Waals surface area contributed by atoms with Gasteiger partial charge in [0.25, 0.3) is 0 Å². The number of carboxylic acids is 1. The predicted octanol–water partition coefficient (Wildman–Crippen LogP) is 3.86. The zero-order chi connectivity index (χ0) is 22.3. The summed E-state index contributed by atoms with van der Waals surface area (Å²) in [6.07, 6.45) is 2.42. The third-order valence-electron chi connectivity index (χ3n) is 5.76. The van der Waals surface area contributed by atoms with Gasteiger partial charge in [-0.2, -0.15) is 0 Å². The number of carbonyl (C=O) groups is 1. The van der Waals surface area contributed by atoms with E-state index in [-0.39, 0.29) is 12.3 Å². The zero-order valence-corrected chi connectivity index (χ0v) is 17.9. The van der Waals surface area contributed by atoms with E-state index in [1.165, 1.54) is 0 Å². The van der Waals surface area contributed by atoms with Gasteiger partial charge in [0.05, 0.1) is 6.42 Å². The van der Waals surface area contributed by atoms with Crippen LogP contribution >= 0.6 is 0 Å². The molecule has 0 amide bonds. The first kappa shape index (κ1) is 21.6. The predicted molar refractivity (Wildman–Crippen MR) is 123 cm³/mol. The average molecular weight is 431 g/mol. The van der Waals surface area contributed by atoms with Gasteiger partial charge in [0.15, 0.2) is 6.61 Å². The largest absolute Gasteiger partial charge is 0.489 e. The Balaban J connectivity index is 1.27. The number of hydrogen-bond donors (Lipinski definition) is 2. The van der Waals surface area contributed by atoms with Crippen molar-refractivity contribution in [1.82, 2.24) is 0 Å². The van der Waals surface area contributed by atoms with E-state index in [4.69, 9.17) is 14.9 Å². The van der Waals surface area contributed by atoms with Gasteiger partial charge in [0, 0.05) is 5.56 Å². The quantitative estimate of drug-likeness (QED) is 0.453. The van der Waals surface area contributed by atoms with Crippen molar-refractivity contribution in [3.05, 3.63) is 95.6 Å². The van der Waals surface area contributed by atoms with Gasteiger partial charge in [0.2, 0.25) is 5.71 Å². The highest BCUT2D eigenvalue weighted by Gasteiger charge is 2.33. The summed E-state index contributed by atoms with van der Waals surface area (Å²) in [6, 6.07) is 25.4. The van der Waals surface area contributed by atoms with Crippen LogP contribution in [0.15, 0.2) is 78.9 Å². The molecule has 0 saturated heterocycles. The van der Waals surface area contributed by atoms with Crippen molar-refractivity contribution in [2.45, 2.75) is 31.8 Å². The molecule has 164 valence electrons. The first-order chi connectivity index (χ1) is 15.6. The van der Waals surface area contributed by atoms with Crippen molar-refractivity contribution in [3.63, 3.8) is 0 Å². The molecule has 5 heteroatoms. The lowest BCUT2D eigenvalue weighted by Crippen LogP contribution is -2.43. The molecule has 0 heterocycles. The first-order valence-electron chi connectivity index (χ1n) is 10.9. The summed E-state index contributed by atoms with van der Waals surface area (Å²) in [5.41, 5.74) is 3.77. The van der Waals surface area contributed by atoms with Crippen LogP contribution in [0.4, 0.5) is 0 Å². The van der Waals surface area contributed by atoms with Crippen molar-refractivity contribution < 1.29 is 24.8 Å². The number of benzene rings is 3. The molecule has 3 aromatic carbocycles. The Kier molecular flexibility index (Phi) is 6.85. The van der Waals surface area contributed by atoms with Crippen LogP contribution in [0.25, 0.3) is 0 Å². The summed E-state index contributed by atoms with van der Waals surface area (Å²) in [6.45, 7) is 0.773. The molecule has 1 fully saturated rings. The van der Waals surface area contributed by atoms with Gasteiger partial charge < -0.3 is 14.6 Å². The Morgan fingerprint density at radius 2 is 1.53 bits per heavy atom. The van der Waals surface area contributed by atoms with Crippen molar-refractivity contribution in [2.24, 2.45) is 5.92 Å². The van der Waals surface area contributed by atoms with Gasteiger partial charge in [0.1, 0.15) is 18.1 Å². The van der Waals surface area contributed by atoms with Crippen molar-refractivity contribution in [3.8, 4) is 11.5 Å². The number of aliphatic carboxylic acids is 1. The number of hydrogen-bond acceptors (Lipinski definition) is 3. The van der Waals surface area contributed by atoms with Crippen LogP contribution in [0.1, 0.15) is 41.9 Å². The molecule has 5 nitrogen and oxygen atoms in total. The monoisotopic (exact) mass is 430 g/mol. The highest BCUT2D eigenvalue weighted by atomic mass is 16.5. The van der Waals surface area contributed by atoms with Crippen LogP contribution < -0.4 is 14.9 Å². The summed E-state index contributed by atoms with van der Waals surface area (Å²) in [5.74, 6) is 1.38. The molecule has 32 heavy (non-hydrogen) atoms. The van der Waals surface area contributed by atoms with Crippen LogP contribution in [0, 0.1) is 5.92 Å². The minimum absolute atomic E-state index is 0.0993. The lowest BCUT2D eigenvalue weighted by Gasteiger charge is -2.15. The van der Waals surface area contributed by atoms with Crippen LogP contribution in [0.3, 0.4) is 0 Å². The van der Waals surface area contributed by atoms with Crippen molar-refractivity contribution in [1.29, 1.82) is 0 Å². The van der Waals surface area contributed by atoms with Gasteiger partial charge in [-0.25, -0.2) is 0 Å². The van der Waals surface area contributed by atoms with Crippen molar-refractivity contribution >= 4 is 11.7 Å². The van der Waals surface area contributed by atoms with Gasteiger partial charge in [-0.1, -0.05) is 42.5 Å². The van der Waals surface area contributed by atoms with Crippen LogP contribution in [0.2, 0.25) is 0 Å². The average Bonchev–Trinajstić information content (AvgIpc) is 3.66. The molecular formula is C27H28NO4+. The molecule has 3 aromatic rings. The molecular weight excluding hydrogens is 402 g/mol. The SMILES string of the molecule is [NH2+]=C(COc1ccc(COc2ccc(C(CC(=O)O)C3CC3)cc2)cc1)c1ccccc1. The van der Waals surface area contributed by atoms with E-state index < -0.39 is 5.97 Å². The topological polar surface area (TPSA) is 81.3 Å². The molecule has 1 unspecified atom stereocenters. The highest BCUT2D eigenvalue weighted by molar-refractivity contribution is 5.96. The third-order valence-corrected chi connectivity index (χ3v) is 5.76. The van der Waals surface area contributed by atoms with Crippen LogP contribution in [-0.4, -0.2) is 23.4 Å². The van der Waals surface area contributed by atoms with E-state index in [0.717, 1.165) is 41.0 Å². The maximum Gasteiger partial charge on any atom is 0.303 e. The minimum atomic E-state index is -0.740. The number of carboxylic acid groups (broad SMARTS) is 1. The molecule has 4 rings (SSSR count). The van der Waals surface area contributed by atoms with Gasteiger partial charge in [-0.05, 0) is 72.2 Å². The van der Waals surface area contributed by atoms with Gasteiger partial charge >= 0.3 is 5.97 Å². The lowest BCUT2D eigenvalue weighted by molar-refractivity contribution is -0.137. The Morgan fingerprint density at radius 3 is 2.16 bits per heavy atom. The fourth-order valence-corrected chi connectivity index (χ4v) is 3.80. The third kappa shape index (κ3) is 5.97. The van der Waals surface area contributed by atoms with Gasteiger partial charge in [-0.3, -0.25) is 10.2 Å².